The third kappa shape index (κ3) is 4.04. The van der Waals surface area contributed by atoms with Crippen molar-refractivity contribution in [3.8, 4) is 0 Å². The van der Waals surface area contributed by atoms with Crippen LogP contribution in [0.5, 0.6) is 0 Å². The highest BCUT2D eigenvalue weighted by Gasteiger charge is 2.29. The van der Waals surface area contributed by atoms with Gasteiger partial charge in [0.2, 0.25) is 0 Å². The molecule has 1 aliphatic rings. The van der Waals surface area contributed by atoms with E-state index >= 15 is 0 Å². The summed E-state index contributed by atoms with van der Waals surface area (Å²) in [6.45, 7) is 6.22. The van der Waals surface area contributed by atoms with Crippen molar-refractivity contribution < 1.29 is 8.42 Å². The molecule has 1 fully saturated rings. The highest BCUT2D eigenvalue weighted by atomic mass is 79.9. The quantitative estimate of drug-likeness (QED) is 0.825. The van der Waals surface area contributed by atoms with Crippen LogP contribution in [0, 0.1) is 5.92 Å². The van der Waals surface area contributed by atoms with E-state index in [9.17, 15) is 8.42 Å². The van der Waals surface area contributed by atoms with Gasteiger partial charge in [0.15, 0.2) is 0 Å². The molecule has 0 amide bonds. The second-order valence-electron chi connectivity index (χ2n) is 5.57. The molecule has 0 aliphatic carbocycles. The first-order valence-corrected chi connectivity index (χ1v) is 9.93. The minimum atomic E-state index is -3.38. The van der Waals surface area contributed by atoms with Gasteiger partial charge in [-0.1, -0.05) is 13.8 Å². The normalized spacial score (nSPS) is 20.1. The molecule has 7 heteroatoms. The summed E-state index contributed by atoms with van der Waals surface area (Å²) in [6, 6.07) is 3.75. The van der Waals surface area contributed by atoms with Gasteiger partial charge in [-0.2, -0.15) is 4.31 Å². The lowest BCUT2D eigenvalue weighted by Crippen LogP contribution is -2.42. The van der Waals surface area contributed by atoms with Gasteiger partial charge in [-0.05, 0) is 53.4 Å². The maximum atomic E-state index is 12.8. The molecular weight excluding hydrogens is 360 g/mol. The number of nitrogens with zero attached hydrogens (tertiary/aromatic N) is 1. The first-order valence-electron chi connectivity index (χ1n) is 6.88. The number of hydrogen-bond acceptors (Lipinski definition) is 4. The molecule has 20 heavy (non-hydrogen) atoms. The fourth-order valence-electron chi connectivity index (χ4n) is 2.40. The fourth-order valence-corrected chi connectivity index (χ4v) is 6.21. The zero-order valence-electron chi connectivity index (χ0n) is 11.8. The van der Waals surface area contributed by atoms with Crippen LogP contribution in [-0.2, 0) is 10.0 Å². The predicted octanol–water partition coefficient (Wildman–Crippen LogP) is 2.91. The van der Waals surface area contributed by atoms with E-state index in [1.165, 1.54) is 11.3 Å². The van der Waals surface area contributed by atoms with Crippen LogP contribution in [-0.4, -0.2) is 38.4 Å². The predicted molar refractivity (Wildman–Crippen MR) is 86.6 cm³/mol. The molecule has 0 bridgehead atoms. The smallest absolute Gasteiger partial charge is 0.252 e. The number of halogens is 1. The molecule has 1 unspecified atom stereocenters. The van der Waals surface area contributed by atoms with Gasteiger partial charge in [0.25, 0.3) is 10.0 Å². The zero-order valence-corrected chi connectivity index (χ0v) is 15.0. The van der Waals surface area contributed by atoms with Gasteiger partial charge in [-0.15, -0.1) is 11.3 Å². The Bertz CT molecular complexity index is 536. The molecule has 2 heterocycles. The number of sulfonamides is 1. The van der Waals surface area contributed by atoms with E-state index in [-0.39, 0.29) is 6.04 Å². The van der Waals surface area contributed by atoms with Crippen LogP contribution in [0.3, 0.4) is 0 Å². The van der Waals surface area contributed by atoms with Crippen LogP contribution >= 0.6 is 27.3 Å². The van der Waals surface area contributed by atoms with Crippen molar-refractivity contribution in [2.24, 2.45) is 5.92 Å². The Morgan fingerprint density at radius 3 is 2.75 bits per heavy atom. The van der Waals surface area contributed by atoms with Crippen LogP contribution in [0.15, 0.2) is 20.1 Å². The highest BCUT2D eigenvalue weighted by molar-refractivity contribution is 9.11. The van der Waals surface area contributed by atoms with E-state index in [1.54, 1.807) is 16.4 Å². The maximum Gasteiger partial charge on any atom is 0.252 e. The van der Waals surface area contributed by atoms with Gasteiger partial charge in [0.1, 0.15) is 4.21 Å². The highest BCUT2D eigenvalue weighted by Crippen LogP contribution is 2.29. The molecule has 2 rings (SSSR count). The molecule has 1 N–H and O–H groups in total. The van der Waals surface area contributed by atoms with E-state index in [4.69, 9.17) is 0 Å². The minimum Gasteiger partial charge on any atom is -0.313 e. The summed E-state index contributed by atoms with van der Waals surface area (Å²) in [4.78, 5) is 0. The first kappa shape index (κ1) is 16.4. The summed E-state index contributed by atoms with van der Waals surface area (Å²) in [5.74, 6) is 0.314. The SMILES string of the molecule is CC(C)CN(CC1CCCN1)S(=O)(=O)c1ccc(Br)s1. The van der Waals surface area contributed by atoms with Gasteiger partial charge in [-0.25, -0.2) is 8.42 Å². The fraction of sp³-hybridized carbons (Fsp3) is 0.692. The van der Waals surface area contributed by atoms with E-state index in [0.29, 0.717) is 23.2 Å². The number of rotatable bonds is 6. The van der Waals surface area contributed by atoms with Crippen molar-refractivity contribution in [3.05, 3.63) is 15.9 Å². The third-order valence-electron chi connectivity index (χ3n) is 3.30. The Labute approximate surface area is 133 Å². The summed E-state index contributed by atoms with van der Waals surface area (Å²) >= 11 is 4.61. The molecule has 0 spiro atoms. The standard InChI is InChI=1S/C13H21BrN2O2S2/c1-10(2)8-16(9-11-4-3-7-15-11)20(17,18)13-6-5-12(14)19-13/h5-6,10-11,15H,3-4,7-9H2,1-2H3. The van der Waals surface area contributed by atoms with E-state index in [0.717, 1.165) is 23.2 Å². The molecule has 1 aromatic heterocycles. The van der Waals surface area contributed by atoms with Crippen molar-refractivity contribution in [2.45, 2.75) is 36.9 Å². The lowest BCUT2D eigenvalue weighted by Gasteiger charge is -2.26. The third-order valence-corrected chi connectivity index (χ3v) is 7.22. The molecule has 1 atom stereocenters. The van der Waals surface area contributed by atoms with Gasteiger partial charge in [0, 0.05) is 19.1 Å². The Balaban J connectivity index is 2.19. The lowest BCUT2D eigenvalue weighted by atomic mass is 10.2. The van der Waals surface area contributed by atoms with Crippen LogP contribution in [0.1, 0.15) is 26.7 Å². The largest absolute Gasteiger partial charge is 0.313 e. The summed E-state index contributed by atoms with van der Waals surface area (Å²) in [5.41, 5.74) is 0. The van der Waals surface area contributed by atoms with Crippen LogP contribution in [0.25, 0.3) is 0 Å². The molecule has 0 aromatic carbocycles. The number of nitrogens with one attached hydrogen (secondary N) is 1. The molecule has 0 radical (unpaired) electrons. The van der Waals surface area contributed by atoms with Gasteiger partial charge >= 0.3 is 0 Å². The van der Waals surface area contributed by atoms with Crippen molar-refractivity contribution >= 4 is 37.3 Å². The Morgan fingerprint density at radius 1 is 1.50 bits per heavy atom. The van der Waals surface area contributed by atoms with Gasteiger partial charge in [-0.3, -0.25) is 0 Å². The average Bonchev–Trinajstić information content (AvgIpc) is 2.99. The molecule has 114 valence electrons. The van der Waals surface area contributed by atoms with Crippen LogP contribution < -0.4 is 5.32 Å². The zero-order chi connectivity index (χ0) is 14.8. The summed E-state index contributed by atoms with van der Waals surface area (Å²) in [6.07, 6.45) is 2.18. The molecule has 0 saturated carbocycles. The van der Waals surface area contributed by atoms with Crippen LogP contribution in [0.4, 0.5) is 0 Å². The lowest BCUT2D eigenvalue weighted by molar-refractivity contribution is 0.337. The Hall–Kier alpha value is 0.0500. The summed E-state index contributed by atoms with van der Waals surface area (Å²) < 4.78 is 28.4. The number of hydrogen-bond donors (Lipinski definition) is 1. The van der Waals surface area contributed by atoms with Crippen LogP contribution in [0.2, 0.25) is 0 Å². The van der Waals surface area contributed by atoms with Crippen molar-refractivity contribution in [1.29, 1.82) is 0 Å². The molecule has 1 aliphatic heterocycles. The molecule has 1 aromatic rings. The van der Waals surface area contributed by atoms with E-state index < -0.39 is 10.0 Å². The van der Waals surface area contributed by atoms with E-state index in [2.05, 4.69) is 35.1 Å². The molecule has 4 nitrogen and oxygen atoms in total. The Morgan fingerprint density at radius 2 is 2.25 bits per heavy atom. The summed E-state index contributed by atoms with van der Waals surface area (Å²) in [5, 5.41) is 3.38. The second-order valence-corrected chi connectivity index (χ2v) is 10.2. The van der Waals surface area contributed by atoms with Gasteiger partial charge in [0.05, 0.1) is 3.79 Å². The monoisotopic (exact) mass is 380 g/mol. The Kier molecular flexibility index (Phi) is 5.64. The molecular formula is C13H21BrN2O2S2. The molecule has 1 saturated heterocycles. The summed E-state index contributed by atoms with van der Waals surface area (Å²) in [7, 11) is -3.38. The van der Waals surface area contributed by atoms with Crippen molar-refractivity contribution in [3.63, 3.8) is 0 Å². The first-order chi connectivity index (χ1) is 9.39. The second kappa shape index (κ2) is 6.87. The number of thiophene rings is 1. The van der Waals surface area contributed by atoms with Crippen molar-refractivity contribution in [1.82, 2.24) is 9.62 Å². The average molecular weight is 381 g/mol. The maximum absolute atomic E-state index is 12.8. The minimum absolute atomic E-state index is 0.284. The van der Waals surface area contributed by atoms with E-state index in [1.807, 2.05) is 0 Å². The van der Waals surface area contributed by atoms with Crippen molar-refractivity contribution in [2.75, 3.05) is 19.6 Å². The topological polar surface area (TPSA) is 49.4 Å². The van der Waals surface area contributed by atoms with Gasteiger partial charge < -0.3 is 5.32 Å².